The molecule has 0 bridgehead atoms. The van der Waals surface area contributed by atoms with Crippen LogP contribution in [0, 0.1) is 5.82 Å². The van der Waals surface area contributed by atoms with Crippen LogP contribution in [0.15, 0.2) is 23.3 Å². The molecule has 0 unspecified atom stereocenters. The summed E-state index contributed by atoms with van der Waals surface area (Å²) < 4.78 is 17.9. The normalized spacial score (nSPS) is 12.9. The van der Waals surface area contributed by atoms with Crippen LogP contribution < -0.4 is 10.7 Å². The smallest absolute Gasteiger partial charge is 0.187 e. The monoisotopic (exact) mass is 317 g/mol. The van der Waals surface area contributed by atoms with Crippen molar-refractivity contribution in [2.24, 2.45) is 5.10 Å². The average molecular weight is 318 g/mol. The van der Waals surface area contributed by atoms with Gasteiger partial charge in [0.1, 0.15) is 5.82 Å². The number of nitrogens with zero attached hydrogens (tertiary/aromatic N) is 1. The summed E-state index contributed by atoms with van der Waals surface area (Å²) in [4.78, 5) is 0. The summed E-state index contributed by atoms with van der Waals surface area (Å²) in [6.45, 7) is 4.23. The minimum atomic E-state index is -0.384. The first-order chi connectivity index (χ1) is 9.43. The first-order valence-corrected chi connectivity index (χ1v) is 6.77. The van der Waals surface area contributed by atoms with E-state index in [1.54, 1.807) is 20.1 Å². The number of ether oxygens (including phenoxy) is 1. The number of rotatable bonds is 5. The predicted molar refractivity (Wildman–Crippen MR) is 83.8 cm³/mol. The Morgan fingerprint density at radius 2 is 2.25 bits per heavy atom. The highest BCUT2D eigenvalue weighted by atomic mass is 35.5. The molecule has 0 aliphatic rings. The molecule has 0 spiro atoms. The lowest BCUT2D eigenvalue weighted by molar-refractivity contribution is 0.179. The van der Waals surface area contributed by atoms with E-state index in [4.69, 9.17) is 28.6 Å². The van der Waals surface area contributed by atoms with E-state index in [2.05, 4.69) is 15.8 Å². The van der Waals surface area contributed by atoms with Gasteiger partial charge in [-0.15, -0.1) is 0 Å². The third kappa shape index (κ3) is 5.40. The zero-order valence-corrected chi connectivity index (χ0v) is 13.1. The van der Waals surface area contributed by atoms with Gasteiger partial charge in [0.15, 0.2) is 5.11 Å². The first-order valence-electron chi connectivity index (χ1n) is 5.99. The van der Waals surface area contributed by atoms with Crippen LogP contribution in [-0.4, -0.2) is 30.6 Å². The molecule has 0 aromatic heterocycles. The van der Waals surface area contributed by atoms with Gasteiger partial charge < -0.3 is 10.1 Å². The van der Waals surface area contributed by atoms with Gasteiger partial charge in [-0.3, -0.25) is 5.43 Å². The highest BCUT2D eigenvalue weighted by Crippen LogP contribution is 2.17. The molecule has 1 atom stereocenters. The van der Waals surface area contributed by atoms with E-state index in [1.165, 1.54) is 12.1 Å². The summed E-state index contributed by atoms with van der Waals surface area (Å²) in [5.74, 6) is -0.384. The quantitative estimate of drug-likeness (QED) is 0.498. The number of nitrogens with one attached hydrogen (secondary N) is 2. The van der Waals surface area contributed by atoms with Crippen molar-refractivity contribution >= 4 is 34.6 Å². The van der Waals surface area contributed by atoms with Crippen LogP contribution in [-0.2, 0) is 4.74 Å². The van der Waals surface area contributed by atoms with Gasteiger partial charge in [0.05, 0.1) is 17.3 Å². The molecule has 2 N–H and O–H groups in total. The molecular formula is C13H17ClFN3OS. The van der Waals surface area contributed by atoms with E-state index in [0.717, 1.165) is 0 Å². The van der Waals surface area contributed by atoms with Crippen LogP contribution >= 0.6 is 23.8 Å². The number of hydrogen-bond acceptors (Lipinski definition) is 3. The minimum Gasteiger partial charge on any atom is -0.383 e. The maximum atomic E-state index is 13.0. The highest BCUT2D eigenvalue weighted by Gasteiger charge is 2.06. The number of halogens is 2. The number of benzene rings is 1. The zero-order chi connectivity index (χ0) is 15.1. The molecule has 110 valence electrons. The zero-order valence-electron chi connectivity index (χ0n) is 11.5. The van der Waals surface area contributed by atoms with Crippen molar-refractivity contribution in [1.29, 1.82) is 0 Å². The highest BCUT2D eigenvalue weighted by molar-refractivity contribution is 7.80. The van der Waals surface area contributed by atoms with Gasteiger partial charge in [-0.25, -0.2) is 4.39 Å². The van der Waals surface area contributed by atoms with Crippen molar-refractivity contribution < 1.29 is 9.13 Å². The van der Waals surface area contributed by atoms with Crippen LogP contribution in [0.25, 0.3) is 0 Å². The molecule has 0 fully saturated rings. The molecule has 0 saturated carbocycles. The SMILES string of the molecule is COC[C@H](C)NC(=S)N/N=C(/C)c1ccc(F)cc1Cl. The molecule has 0 aliphatic carbocycles. The van der Waals surface area contributed by atoms with E-state index >= 15 is 0 Å². The molecule has 4 nitrogen and oxygen atoms in total. The second-order valence-electron chi connectivity index (χ2n) is 4.26. The van der Waals surface area contributed by atoms with Crippen LogP contribution in [0.2, 0.25) is 5.02 Å². The Kier molecular flexibility index (Phi) is 6.84. The van der Waals surface area contributed by atoms with E-state index in [1.807, 2.05) is 6.92 Å². The predicted octanol–water partition coefficient (Wildman–Crippen LogP) is 2.70. The summed E-state index contributed by atoms with van der Waals surface area (Å²) in [6.07, 6.45) is 0. The molecule has 1 rings (SSSR count). The topological polar surface area (TPSA) is 45.6 Å². The second kappa shape index (κ2) is 8.14. The summed E-state index contributed by atoms with van der Waals surface area (Å²) >= 11 is 11.0. The van der Waals surface area contributed by atoms with Crippen molar-refractivity contribution in [3.05, 3.63) is 34.6 Å². The fourth-order valence-electron chi connectivity index (χ4n) is 1.53. The Balaban J connectivity index is 2.63. The molecule has 0 aliphatic heterocycles. The van der Waals surface area contributed by atoms with E-state index in [0.29, 0.717) is 28.0 Å². The Hall–Kier alpha value is -1.24. The summed E-state index contributed by atoms with van der Waals surface area (Å²) in [6, 6.07) is 4.22. The Labute approximate surface area is 128 Å². The lowest BCUT2D eigenvalue weighted by Crippen LogP contribution is -2.40. The minimum absolute atomic E-state index is 0.0740. The van der Waals surface area contributed by atoms with Gasteiger partial charge in [0.25, 0.3) is 0 Å². The molecule has 0 radical (unpaired) electrons. The largest absolute Gasteiger partial charge is 0.383 e. The molecule has 1 aromatic rings. The molecule has 7 heteroatoms. The fraction of sp³-hybridized carbons (Fsp3) is 0.385. The summed E-state index contributed by atoms with van der Waals surface area (Å²) in [7, 11) is 1.62. The van der Waals surface area contributed by atoms with Gasteiger partial charge in [-0.2, -0.15) is 5.10 Å². The third-order valence-corrected chi connectivity index (χ3v) is 2.96. The lowest BCUT2D eigenvalue weighted by Gasteiger charge is -2.14. The summed E-state index contributed by atoms with van der Waals surface area (Å²) in [5.41, 5.74) is 3.97. The molecule has 0 heterocycles. The van der Waals surface area contributed by atoms with Gasteiger partial charge in [-0.1, -0.05) is 11.6 Å². The fourth-order valence-corrected chi connectivity index (χ4v) is 2.08. The Bertz CT molecular complexity index is 510. The lowest BCUT2D eigenvalue weighted by atomic mass is 10.1. The standard InChI is InChI=1S/C13H17ClFN3OS/c1-8(7-19-3)16-13(20)18-17-9(2)11-5-4-10(15)6-12(11)14/h4-6,8H,7H2,1-3H3,(H2,16,18,20)/b17-9-/t8-/m0/s1. The van der Waals surface area contributed by atoms with Crippen molar-refractivity contribution in [2.45, 2.75) is 19.9 Å². The van der Waals surface area contributed by atoms with Gasteiger partial charge in [0.2, 0.25) is 0 Å². The van der Waals surface area contributed by atoms with E-state index in [-0.39, 0.29) is 11.9 Å². The number of hydrazone groups is 1. The second-order valence-corrected chi connectivity index (χ2v) is 5.08. The van der Waals surface area contributed by atoms with Crippen molar-refractivity contribution in [3.8, 4) is 0 Å². The van der Waals surface area contributed by atoms with Crippen LogP contribution in [0.4, 0.5) is 4.39 Å². The molecule has 1 aromatic carbocycles. The molecule has 20 heavy (non-hydrogen) atoms. The van der Waals surface area contributed by atoms with E-state index in [9.17, 15) is 4.39 Å². The van der Waals surface area contributed by atoms with Crippen LogP contribution in [0.5, 0.6) is 0 Å². The van der Waals surface area contributed by atoms with Crippen molar-refractivity contribution in [2.75, 3.05) is 13.7 Å². The van der Waals surface area contributed by atoms with Gasteiger partial charge in [-0.05, 0) is 44.3 Å². The number of methoxy groups -OCH3 is 1. The number of hydrogen-bond donors (Lipinski definition) is 2. The Morgan fingerprint density at radius 3 is 2.85 bits per heavy atom. The van der Waals surface area contributed by atoms with Gasteiger partial charge in [0, 0.05) is 18.7 Å². The maximum absolute atomic E-state index is 13.0. The first kappa shape index (κ1) is 16.8. The molecule has 0 saturated heterocycles. The number of thiocarbonyl (C=S) groups is 1. The third-order valence-electron chi connectivity index (χ3n) is 2.44. The van der Waals surface area contributed by atoms with Crippen LogP contribution in [0.1, 0.15) is 19.4 Å². The molecule has 0 amide bonds. The summed E-state index contributed by atoms with van der Waals surface area (Å²) in [5, 5.41) is 7.81. The maximum Gasteiger partial charge on any atom is 0.187 e. The van der Waals surface area contributed by atoms with Crippen LogP contribution in [0.3, 0.4) is 0 Å². The van der Waals surface area contributed by atoms with Crippen molar-refractivity contribution in [1.82, 2.24) is 10.7 Å². The Morgan fingerprint density at radius 1 is 1.55 bits per heavy atom. The van der Waals surface area contributed by atoms with Gasteiger partial charge >= 0.3 is 0 Å². The average Bonchev–Trinajstić information content (AvgIpc) is 2.36. The van der Waals surface area contributed by atoms with E-state index < -0.39 is 0 Å². The molecular weight excluding hydrogens is 301 g/mol. The van der Waals surface area contributed by atoms with Crippen molar-refractivity contribution in [3.63, 3.8) is 0 Å².